The molecule has 1 atom stereocenters. The summed E-state index contributed by atoms with van der Waals surface area (Å²) in [6, 6.07) is 0. The van der Waals surface area contributed by atoms with E-state index in [9.17, 15) is 5.11 Å². The molecule has 0 aromatic carbocycles. The quantitative estimate of drug-likeness (QED) is 0.662. The molecule has 1 heterocycles. The highest BCUT2D eigenvalue weighted by molar-refractivity contribution is 4.89. The number of aliphatic hydroxyl groups is 1. The number of hydrogen-bond donors (Lipinski definition) is 1. The Hall–Kier alpha value is -0.970. The molecule has 0 spiro atoms. The van der Waals surface area contributed by atoms with E-state index in [4.69, 9.17) is 0 Å². The van der Waals surface area contributed by atoms with Crippen LogP contribution in [0.4, 0.5) is 0 Å². The van der Waals surface area contributed by atoms with E-state index >= 15 is 0 Å². The Bertz CT molecular complexity index is 268. The molecule has 12 heavy (non-hydrogen) atoms. The highest BCUT2D eigenvalue weighted by atomic mass is 16.3. The number of aliphatic hydroxyl groups excluding tert-OH is 1. The fraction of sp³-hybridized carbons (Fsp3) is 0.857. The molecule has 1 aromatic rings. The molecular weight excluding hydrogens is 156 g/mol. The van der Waals surface area contributed by atoms with E-state index in [1.165, 1.54) is 4.80 Å². The number of aryl methyl sites for hydroxylation is 1. The van der Waals surface area contributed by atoms with Crippen molar-refractivity contribution < 1.29 is 5.11 Å². The predicted octanol–water partition coefficient (Wildman–Crippen LogP) is -0.477. The van der Waals surface area contributed by atoms with E-state index in [0.29, 0.717) is 18.2 Å². The Morgan fingerprint density at radius 2 is 2.42 bits per heavy atom. The van der Waals surface area contributed by atoms with Crippen LogP contribution in [0.15, 0.2) is 0 Å². The fourth-order valence-electron chi connectivity index (χ4n) is 1.24. The Balaban J connectivity index is 1.93. The van der Waals surface area contributed by atoms with Crippen molar-refractivity contribution in [2.45, 2.75) is 25.4 Å². The van der Waals surface area contributed by atoms with Crippen LogP contribution in [0.5, 0.6) is 0 Å². The van der Waals surface area contributed by atoms with Gasteiger partial charge < -0.3 is 5.11 Å². The topological polar surface area (TPSA) is 63.8 Å². The van der Waals surface area contributed by atoms with Crippen LogP contribution in [-0.2, 0) is 13.5 Å². The molecule has 1 N–H and O–H groups in total. The van der Waals surface area contributed by atoms with Crippen molar-refractivity contribution in [2.75, 3.05) is 0 Å². The first-order valence-corrected chi connectivity index (χ1v) is 4.16. The molecule has 0 aliphatic heterocycles. The van der Waals surface area contributed by atoms with Gasteiger partial charge in [0.1, 0.15) is 0 Å². The molecule has 1 fully saturated rings. The second-order valence-electron chi connectivity index (χ2n) is 3.30. The molecule has 0 bridgehead atoms. The van der Waals surface area contributed by atoms with Gasteiger partial charge in [-0.1, -0.05) is 0 Å². The van der Waals surface area contributed by atoms with E-state index < -0.39 is 0 Å². The monoisotopic (exact) mass is 168 g/mol. The summed E-state index contributed by atoms with van der Waals surface area (Å²) < 4.78 is 0. The van der Waals surface area contributed by atoms with Crippen LogP contribution in [0, 0.1) is 5.92 Å². The summed E-state index contributed by atoms with van der Waals surface area (Å²) in [4.78, 5) is 1.41. The van der Waals surface area contributed by atoms with E-state index in [2.05, 4.69) is 15.4 Å². The maximum absolute atomic E-state index is 9.53. The standard InChI is InChI=1S/C7H12N4O/c1-11-9-7(8-10-11)4-6(12)5-2-3-5/h5-6,12H,2-4H2,1H3. The third-order valence-electron chi connectivity index (χ3n) is 2.11. The van der Waals surface area contributed by atoms with Gasteiger partial charge >= 0.3 is 0 Å². The fourth-order valence-corrected chi connectivity index (χ4v) is 1.24. The second-order valence-corrected chi connectivity index (χ2v) is 3.30. The van der Waals surface area contributed by atoms with Gasteiger partial charge in [-0.2, -0.15) is 4.80 Å². The zero-order valence-corrected chi connectivity index (χ0v) is 7.01. The van der Waals surface area contributed by atoms with Crippen LogP contribution in [0.25, 0.3) is 0 Å². The van der Waals surface area contributed by atoms with Gasteiger partial charge in [-0.3, -0.25) is 0 Å². The molecule has 0 radical (unpaired) electrons. The van der Waals surface area contributed by atoms with Crippen LogP contribution in [0.1, 0.15) is 18.7 Å². The molecule has 1 saturated carbocycles. The number of rotatable bonds is 3. The van der Waals surface area contributed by atoms with Gasteiger partial charge in [0.05, 0.1) is 13.2 Å². The minimum atomic E-state index is -0.269. The van der Waals surface area contributed by atoms with E-state index in [1.807, 2.05) is 0 Å². The van der Waals surface area contributed by atoms with Gasteiger partial charge in [0.25, 0.3) is 0 Å². The zero-order valence-electron chi connectivity index (χ0n) is 7.01. The normalized spacial score (nSPS) is 19.5. The molecule has 1 unspecified atom stereocenters. The van der Waals surface area contributed by atoms with Gasteiger partial charge in [-0.05, 0) is 24.0 Å². The van der Waals surface area contributed by atoms with Crippen LogP contribution >= 0.6 is 0 Å². The molecule has 5 nitrogen and oxygen atoms in total. The molecule has 1 aromatic heterocycles. The van der Waals surface area contributed by atoms with Crippen LogP contribution < -0.4 is 0 Å². The molecular formula is C7H12N4O. The molecule has 66 valence electrons. The highest BCUT2D eigenvalue weighted by Gasteiger charge is 2.30. The third-order valence-corrected chi connectivity index (χ3v) is 2.11. The first-order chi connectivity index (χ1) is 5.75. The zero-order chi connectivity index (χ0) is 8.55. The van der Waals surface area contributed by atoms with E-state index in [1.54, 1.807) is 7.05 Å². The number of hydrogen-bond acceptors (Lipinski definition) is 4. The summed E-state index contributed by atoms with van der Waals surface area (Å²) in [7, 11) is 1.72. The van der Waals surface area contributed by atoms with Crippen molar-refractivity contribution in [1.29, 1.82) is 0 Å². The Kier molecular flexibility index (Phi) is 1.80. The van der Waals surface area contributed by atoms with Crippen molar-refractivity contribution in [1.82, 2.24) is 20.2 Å². The van der Waals surface area contributed by atoms with Crippen molar-refractivity contribution in [3.8, 4) is 0 Å². The van der Waals surface area contributed by atoms with Crippen LogP contribution in [-0.4, -0.2) is 31.4 Å². The minimum absolute atomic E-state index is 0.269. The third kappa shape index (κ3) is 1.61. The molecule has 5 heteroatoms. The van der Waals surface area contributed by atoms with E-state index in [0.717, 1.165) is 12.8 Å². The summed E-state index contributed by atoms with van der Waals surface area (Å²) >= 11 is 0. The summed E-state index contributed by atoms with van der Waals surface area (Å²) in [5, 5.41) is 21.0. The first kappa shape index (κ1) is 7.67. The lowest BCUT2D eigenvalue weighted by atomic mass is 10.1. The lowest BCUT2D eigenvalue weighted by molar-refractivity contribution is 0.149. The average Bonchev–Trinajstić information content (AvgIpc) is 2.78. The van der Waals surface area contributed by atoms with Gasteiger partial charge in [0.15, 0.2) is 5.82 Å². The van der Waals surface area contributed by atoms with Crippen LogP contribution in [0.3, 0.4) is 0 Å². The minimum Gasteiger partial charge on any atom is -0.392 e. The van der Waals surface area contributed by atoms with Gasteiger partial charge in [-0.25, -0.2) is 0 Å². The molecule has 0 saturated heterocycles. The number of aromatic nitrogens is 4. The number of nitrogens with zero attached hydrogens (tertiary/aromatic N) is 4. The Labute approximate surface area is 70.4 Å². The first-order valence-electron chi connectivity index (χ1n) is 4.16. The summed E-state index contributed by atoms with van der Waals surface area (Å²) in [6.45, 7) is 0. The molecule has 2 rings (SSSR count). The maximum atomic E-state index is 9.53. The van der Waals surface area contributed by atoms with Gasteiger partial charge in [0, 0.05) is 6.42 Å². The lowest BCUT2D eigenvalue weighted by Gasteiger charge is -2.03. The SMILES string of the molecule is Cn1nnc(CC(O)C2CC2)n1. The van der Waals surface area contributed by atoms with Crippen molar-refractivity contribution in [3.63, 3.8) is 0 Å². The number of tetrazole rings is 1. The maximum Gasteiger partial charge on any atom is 0.177 e. The summed E-state index contributed by atoms with van der Waals surface area (Å²) in [6.07, 6.45) is 2.55. The second kappa shape index (κ2) is 2.82. The van der Waals surface area contributed by atoms with Gasteiger partial charge in [0.2, 0.25) is 0 Å². The summed E-state index contributed by atoms with van der Waals surface area (Å²) in [5.74, 6) is 1.12. The smallest absolute Gasteiger partial charge is 0.177 e. The lowest BCUT2D eigenvalue weighted by Crippen LogP contribution is -2.13. The Morgan fingerprint density at radius 3 is 2.92 bits per heavy atom. The van der Waals surface area contributed by atoms with Crippen molar-refractivity contribution >= 4 is 0 Å². The van der Waals surface area contributed by atoms with Crippen molar-refractivity contribution in [3.05, 3.63) is 5.82 Å². The van der Waals surface area contributed by atoms with Gasteiger partial charge in [-0.15, -0.1) is 10.2 Å². The highest BCUT2D eigenvalue weighted by Crippen LogP contribution is 2.33. The predicted molar refractivity (Wildman–Crippen MR) is 41.2 cm³/mol. The summed E-state index contributed by atoms with van der Waals surface area (Å²) in [5.41, 5.74) is 0. The Morgan fingerprint density at radius 1 is 1.67 bits per heavy atom. The average molecular weight is 168 g/mol. The largest absolute Gasteiger partial charge is 0.392 e. The van der Waals surface area contributed by atoms with Crippen molar-refractivity contribution in [2.24, 2.45) is 13.0 Å². The molecule has 0 amide bonds. The molecule has 1 aliphatic carbocycles. The van der Waals surface area contributed by atoms with E-state index in [-0.39, 0.29) is 6.10 Å². The molecule has 1 aliphatic rings. The van der Waals surface area contributed by atoms with Crippen LogP contribution in [0.2, 0.25) is 0 Å².